The molecule has 3 rings (SSSR count). The molecule has 5 heteroatoms. The molecule has 0 aliphatic heterocycles. The minimum Gasteiger partial charge on any atom is -0.278 e. The number of benzene rings is 2. The second-order valence-corrected chi connectivity index (χ2v) is 6.37. The smallest absolute Gasteiger partial charge is 0.262 e. The molecular weight excluding hydrogens is 284 g/mol. The van der Waals surface area contributed by atoms with Crippen molar-refractivity contribution in [3.8, 4) is 0 Å². The third kappa shape index (κ3) is 2.60. The fourth-order valence-corrected chi connectivity index (χ4v) is 3.57. The zero-order valence-corrected chi connectivity index (χ0v) is 12.3. The maximum Gasteiger partial charge on any atom is 0.262 e. The molecule has 2 aromatic carbocycles. The van der Waals surface area contributed by atoms with Crippen LogP contribution in [0.2, 0.25) is 0 Å². The molecule has 0 aliphatic carbocycles. The first-order chi connectivity index (χ1) is 10.1. The van der Waals surface area contributed by atoms with E-state index < -0.39 is 10.0 Å². The van der Waals surface area contributed by atoms with E-state index in [1.807, 2.05) is 24.3 Å². The van der Waals surface area contributed by atoms with Crippen LogP contribution in [0.25, 0.3) is 10.8 Å². The molecule has 0 bridgehead atoms. The Labute approximate surface area is 123 Å². The number of anilines is 1. The first-order valence-electron chi connectivity index (χ1n) is 6.50. The molecule has 0 atom stereocenters. The molecule has 0 amide bonds. The Morgan fingerprint density at radius 2 is 1.71 bits per heavy atom. The molecular formula is C16H14N2O2S. The van der Waals surface area contributed by atoms with Crippen LogP contribution in [0, 0.1) is 6.92 Å². The molecule has 0 unspecified atom stereocenters. The van der Waals surface area contributed by atoms with E-state index in [-0.39, 0.29) is 4.90 Å². The first kappa shape index (κ1) is 13.6. The van der Waals surface area contributed by atoms with Crippen LogP contribution in [0.15, 0.2) is 65.7 Å². The fraction of sp³-hybridized carbons (Fsp3) is 0.0625. The van der Waals surface area contributed by atoms with Gasteiger partial charge >= 0.3 is 0 Å². The van der Waals surface area contributed by atoms with Crippen molar-refractivity contribution in [2.75, 3.05) is 4.72 Å². The number of nitrogens with one attached hydrogen (secondary N) is 1. The van der Waals surface area contributed by atoms with E-state index in [1.165, 1.54) is 0 Å². The number of nitrogens with zero attached hydrogens (tertiary/aromatic N) is 1. The van der Waals surface area contributed by atoms with Crippen molar-refractivity contribution in [2.24, 2.45) is 0 Å². The molecule has 1 aromatic heterocycles. The van der Waals surface area contributed by atoms with E-state index in [4.69, 9.17) is 0 Å². The van der Waals surface area contributed by atoms with Crippen molar-refractivity contribution in [1.29, 1.82) is 0 Å². The van der Waals surface area contributed by atoms with Gasteiger partial charge in [0.1, 0.15) is 0 Å². The summed E-state index contributed by atoms with van der Waals surface area (Å²) in [5.74, 6) is 0. The quantitative estimate of drug-likeness (QED) is 0.806. The minimum atomic E-state index is -3.65. The Kier molecular flexibility index (Phi) is 3.35. The SMILES string of the molecule is Cc1ncccc1NS(=O)(=O)c1cccc2ccccc12. The van der Waals surface area contributed by atoms with Crippen LogP contribution < -0.4 is 4.72 Å². The Morgan fingerprint density at radius 1 is 0.952 bits per heavy atom. The third-order valence-electron chi connectivity index (χ3n) is 3.29. The lowest BCUT2D eigenvalue weighted by atomic mass is 10.1. The number of fused-ring (bicyclic) bond motifs is 1. The number of aromatic nitrogens is 1. The summed E-state index contributed by atoms with van der Waals surface area (Å²) in [5.41, 5.74) is 1.13. The number of hydrogen-bond acceptors (Lipinski definition) is 3. The lowest BCUT2D eigenvalue weighted by Crippen LogP contribution is -2.14. The van der Waals surface area contributed by atoms with Gasteiger partial charge in [-0.1, -0.05) is 36.4 Å². The monoisotopic (exact) mass is 298 g/mol. The van der Waals surface area contributed by atoms with Gasteiger partial charge in [-0.3, -0.25) is 9.71 Å². The predicted octanol–water partition coefficient (Wildman–Crippen LogP) is 3.34. The highest BCUT2D eigenvalue weighted by Crippen LogP contribution is 2.25. The molecule has 3 aromatic rings. The highest BCUT2D eigenvalue weighted by molar-refractivity contribution is 7.93. The summed E-state index contributed by atoms with van der Waals surface area (Å²) in [5, 5.41) is 1.59. The van der Waals surface area contributed by atoms with Crippen molar-refractivity contribution >= 4 is 26.5 Å². The summed E-state index contributed by atoms with van der Waals surface area (Å²) >= 11 is 0. The van der Waals surface area contributed by atoms with E-state index in [9.17, 15) is 8.42 Å². The Hall–Kier alpha value is -2.40. The summed E-state index contributed by atoms with van der Waals surface area (Å²) in [6, 6.07) is 16.1. The van der Waals surface area contributed by atoms with E-state index in [2.05, 4.69) is 9.71 Å². The maximum absolute atomic E-state index is 12.6. The van der Waals surface area contributed by atoms with E-state index in [1.54, 1.807) is 43.5 Å². The fourth-order valence-electron chi connectivity index (χ4n) is 2.22. The first-order valence-corrected chi connectivity index (χ1v) is 7.98. The van der Waals surface area contributed by atoms with Crippen LogP contribution in [-0.4, -0.2) is 13.4 Å². The molecule has 1 N–H and O–H groups in total. The summed E-state index contributed by atoms with van der Waals surface area (Å²) in [7, 11) is -3.65. The van der Waals surface area contributed by atoms with Crippen molar-refractivity contribution in [2.45, 2.75) is 11.8 Å². The number of rotatable bonds is 3. The lowest BCUT2D eigenvalue weighted by molar-refractivity contribution is 0.602. The molecule has 0 aliphatic rings. The van der Waals surface area contributed by atoms with Gasteiger partial charge in [-0.05, 0) is 30.5 Å². The molecule has 1 heterocycles. The number of aryl methyl sites for hydroxylation is 1. The lowest BCUT2D eigenvalue weighted by Gasteiger charge is -2.11. The highest BCUT2D eigenvalue weighted by atomic mass is 32.2. The van der Waals surface area contributed by atoms with Gasteiger partial charge < -0.3 is 0 Å². The molecule has 0 fully saturated rings. The van der Waals surface area contributed by atoms with Gasteiger partial charge in [0.2, 0.25) is 0 Å². The van der Waals surface area contributed by atoms with Gasteiger partial charge in [-0.25, -0.2) is 8.42 Å². The Bertz CT molecular complexity index is 900. The normalized spacial score (nSPS) is 11.5. The van der Waals surface area contributed by atoms with Crippen molar-refractivity contribution < 1.29 is 8.42 Å². The molecule has 0 spiro atoms. The molecule has 106 valence electrons. The van der Waals surface area contributed by atoms with Gasteiger partial charge in [0.15, 0.2) is 0 Å². The van der Waals surface area contributed by atoms with E-state index >= 15 is 0 Å². The highest BCUT2D eigenvalue weighted by Gasteiger charge is 2.18. The third-order valence-corrected chi connectivity index (χ3v) is 4.71. The van der Waals surface area contributed by atoms with Crippen LogP contribution >= 0.6 is 0 Å². The molecule has 0 radical (unpaired) electrons. The summed E-state index contributed by atoms with van der Waals surface area (Å²) in [6.07, 6.45) is 1.63. The second-order valence-electron chi connectivity index (χ2n) is 4.72. The van der Waals surface area contributed by atoms with E-state index in [0.29, 0.717) is 16.8 Å². The number of hydrogen-bond donors (Lipinski definition) is 1. The largest absolute Gasteiger partial charge is 0.278 e. The van der Waals surface area contributed by atoms with E-state index in [0.717, 1.165) is 5.39 Å². The average molecular weight is 298 g/mol. The van der Waals surface area contributed by atoms with Crippen molar-refractivity contribution in [3.63, 3.8) is 0 Å². The maximum atomic E-state index is 12.6. The van der Waals surface area contributed by atoms with Crippen LogP contribution in [-0.2, 0) is 10.0 Å². The van der Waals surface area contributed by atoms with Gasteiger partial charge in [0.05, 0.1) is 16.3 Å². The molecule has 0 saturated heterocycles. The van der Waals surface area contributed by atoms with Crippen LogP contribution in [0.1, 0.15) is 5.69 Å². The van der Waals surface area contributed by atoms with Gasteiger partial charge in [0, 0.05) is 11.6 Å². The van der Waals surface area contributed by atoms with Crippen LogP contribution in [0.5, 0.6) is 0 Å². The summed E-state index contributed by atoms with van der Waals surface area (Å²) in [6.45, 7) is 1.76. The molecule has 21 heavy (non-hydrogen) atoms. The number of pyridine rings is 1. The van der Waals surface area contributed by atoms with Crippen LogP contribution in [0.3, 0.4) is 0 Å². The topological polar surface area (TPSA) is 59.1 Å². The zero-order chi connectivity index (χ0) is 14.9. The van der Waals surface area contributed by atoms with Crippen molar-refractivity contribution in [3.05, 3.63) is 66.5 Å². The Balaban J connectivity index is 2.11. The Morgan fingerprint density at radius 3 is 2.52 bits per heavy atom. The minimum absolute atomic E-state index is 0.267. The molecule has 4 nitrogen and oxygen atoms in total. The predicted molar refractivity (Wildman–Crippen MR) is 83.7 cm³/mol. The number of sulfonamides is 1. The molecule has 0 saturated carbocycles. The van der Waals surface area contributed by atoms with Crippen LogP contribution in [0.4, 0.5) is 5.69 Å². The van der Waals surface area contributed by atoms with Gasteiger partial charge in [-0.15, -0.1) is 0 Å². The second kappa shape index (κ2) is 5.18. The van der Waals surface area contributed by atoms with Crippen molar-refractivity contribution in [1.82, 2.24) is 4.98 Å². The summed E-state index contributed by atoms with van der Waals surface area (Å²) in [4.78, 5) is 4.36. The van der Waals surface area contributed by atoms with Gasteiger partial charge in [-0.2, -0.15) is 0 Å². The average Bonchev–Trinajstić information content (AvgIpc) is 2.49. The zero-order valence-electron chi connectivity index (χ0n) is 11.4. The van der Waals surface area contributed by atoms with Gasteiger partial charge in [0.25, 0.3) is 10.0 Å². The standard InChI is InChI=1S/C16H14N2O2S/c1-12-15(9-5-11-17-12)18-21(19,20)16-10-4-7-13-6-2-3-8-14(13)16/h2-11,18H,1H3. The summed E-state index contributed by atoms with van der Waals surface area (Å²) < 4.78 is 27.9.